The van der Waals surface area contributed by atoms with Crippen LogP contribution >= 0.6 is 0 Å². The number of likely N-dealkylation sites (tertiary alicyclic amines) is 1. The Morgan fingerprint density at radius 1 is 1.19 bits per heavy atom. The molecule has 0 amide bonds. The second-order valence-electron chi connectivity index (χ2n) is 6.85. The number of nitrogens with two attached hydrogens (primary N) is 1. The van der Waals surface area contributed by atoms with Gasteiger partial charge in [0.25, 0.3) is 0 Å². The lowest BCUT2D eigenvalue weighted by molar-refractivity contribution is 0.228. The first-order valence-corrected chi connectivity index (χ1v) is 8.32. The van der Waals surface area contributed by atoms with Gasteiger partial charge in [0.15, 0.2) is 0 Å². The van der Waals surface area contributed by atoms with E-state index in [-0.39, 0.29) is 0 Å². The molecule has 2 N–H and O–H groups in total. The van der Waals surface area contributed by atoms with E-state index in [1.54, 1.807) is 0 Å². The van der Waals surface area contributed by atoms with Crippen molar-refractivity contribution in [3.8, 4) is 5.75 Å². The number of benzene rings is 1. The molecule has 1 aliphatic carbocycles. The summed E-state index contributed by atoms with van der Waals surface area (Å²) in [4.78, 5) is 2.55. The first-order valence-electron chi connectivity index (χ1n) is 8.32. The monoisotopic (exact) mass is 288 g/mol. The Balaban J connectivity index is 1.50. The molecule has 3 unspecified atom stereocenters. The second kappa shape index (κ2) is 6.37. The van der Waals surface area contributed by atoms with E-state index in [2.05, 4.69) is 36.9 Å². The van der Waals surface area contributed by atoms with Gasteiger partial charge in [0, 0.05) is 25.7 Å². The summed E-state index contributed by atoms with van der Waals surface area (Å²) in [6.45, 7) is 8.42. The summed E-state index contributed by atoms with van der Waals surface area (Å²) in [7, 11) is 0. The van der Waals surface area contributed by atoms with Crippen LogP contribution in [-0.4, -0.2) is 37.2 Å². The van der Waals surface area contributed by atoms with E-state index >= 15 is 0 Å². The van der Waals surface area contributed by atoms with Gasteiger partial charge >= 0.3 is 0 Å². The van der Waals surface area contributed by atoms with E-state index in [0.29, 0.717) is 6.04 Å². The topological polar surface area (TPSA) is 38.5 Å². The number of ether oxygens (including phenoxy) is 1. The lowest BCUT2D eigenvalue weighted by Gasteiger charge is -2.29. The third-order valence-corrected chi connectivity index (χ3v) is 5.29. The Kier molecular flexibility index (Phi) is 4.51. The van der Waals surface area contributed by atoms with Crippen LogP contribution in [0.25, 0.3) is 0 Å². The molecule has 21 heavy (non-hydrogen) atoms. The van der Waals surface area contributed by atoms with Gasteiger partial charge in [-0.1, -0.05) is 24.6 Å². The molecule has 0 radical (unpaired) electrons. The van der Waals surface area contributed by atoms with Crippen LogP contribution in [0.2, 0.25) is 0 Å². The van der Waals surface area contributed by atoms with Crippen LogP contribution in [0.5, 0.6) is 5.75 Å². The molecule has 3 nitrogen and oxygen atoms in total. The Morgan fingerprint density at radius 2 is 1.95 bits per heavy atom. The first-order chi connectivity index (χ1) is 10.1. The van der Waals surface area contributed by atoms with Crippen molar-refractivity contribution in [2.75, 3.05) is 26.2 Å². The molecule has 1 heterocycles. The lowest BCUT2D eigenvalue weighted by Crippen LogP contribution is -2.38. The molecule has 0 spiro atoms. The summed E-state index contributed by atoms with van der Waals surface area (Å²) in [5.41, 5.74) is 8.74. The molecular weight excluding hydrogens is 260 g/mol. The number of hydrogen-bond acceptors (Lipinski definition) is 3. The molecule has 116 valence electrons. The van der Waals surface area contributed by atoms with Crippen molar-refractivity contribution in [3.63, 3.8) is 0 Å². The summed E-state index contributed by atoms with van der Waals surface area (Å²) in [6.07, 6.45) is 3.90. The van der Waals surface area contributed by atoms with Gasteiger partial charge in [0.1, 0.15) is 12.4 Å². The van der Waals surface area contributed by atoms with Crippen LogP contribution in [0, 0.1) is 25.7 Å². The zero-order valence-electron chi connectivity index (χ0n) is 13.3. The van der Waals surface area contributed by atoms with E-state index in [4.69, 9.17) is 10.5 Å². The van der Waals surface area contributed by atoms with Crippen molar-refractivity contribution in [3.05, 3.63) is 29.3 Å². The fourth-order valence-electron chi connectivity index (χ4n) is 4.10. The Labute approximate surface area is 128 Å². The molecule has 1 saturated heterocycles. The van der Waals surface area contributed by atoms with E-state index in [1.807, 2.05) is 0 Å². The standard InChI is InChI=1S/C18H28N2O/c1-13-5-3-6-14(2)18(13)21-10-9-20-11-15-7-4-8-17(19)16(15)12-20/h3,5-6,15-17H,4,7-12,19H2,1-2H3. The van der Waals surface area contributed by atoms with Crippen LogP contribution in [0.1, 0.15) is 30.4 Å². The number of aryl methyl sites for hydroxylation is 2. The van der Waals surface area contributed by atoms with E-state index in [1.165, 1.54) is 43.5 Å². The maximum absolute atomic E-state index is 6.28. The van der Waals surface area contributed by atoms with Gasteiger partial charge in [0.05, 0.1) is 0 Å². The third-order valence-electron chi connectivity index (χ3n) is 5.29. The molecule has 0 bridgehead atoms. The van der Waals surface area contributed by atoms with E-state index in [9.17, 15) is 0 Å². The van der Waals surface area contributed by atoms with Crippen molar-refractivity contribution < 1.29 is 4.74 Å². The van der Waals surface area contributed by atoms with Crippen molar-refractivity contribution in [1.29, 1.82) is 0 Å². The molecule has 1 saturated carbocycles. The van der Waals surface area contributed by atoms with E-state index in [0.717, 1.165) is 30.7 Å². The molecule has 3 rings (SSSR count). The highest BCUT2D eigenvalue weighted by atomic mass is 16.5. The van der Waals surface area contributed by atoms with Crippen LogP contribution in [0.3, 0.4) is 0 Å². The molecule has 3 atom stereocenters. The SMILES string of the molecule is Cc1cccc(C)c1OCCN1CC2CCCC(N)C2C1. The van der Waals surface area contributed by atoms with Gasteiger partial charge in [-0.15, -0.1) is 0 Å². The highest BCUT2D eigenvalue weighted by Gasteiger charge is 2.38. The lowest BCUT2D eigenvalue weighted by atomic mass is 9.78. The van der Waals surface area contributed by atoms with Gasteiger partial charge in [-0.3, -0.25) is 4.90 Å². The van der Waals surface area contributed by atoms with Crippen molar-refractivity contribution in [2.45, 2.75) is 39.2 Å². The maximum Gasteiger partial charge on any atom is 0.125 e. The summed E-state index contributed by atoms with van der Waals surface area (Å²) in [5.74, 6) is 2.61. The first kappa shape index (κ1) is 14.9. The van der Waals surface area contributed by atoms with Crippen molar-refractivity contribution >= 4 is 0 Å². The van der Waals surface area contributed by atoms with Gasteiger partial charge in [-0.05, 0) is 49.7 Å². The quantitative estimate of drug-likeness (QED) is 0.926. The zero-order chi connectivity index (χ0) is 14.8. The average molecular weight is 288 g/mol. The molecule has 2 aliphatic rings. The number of fused-ring (bicyclic) bond motifs is 1. The van der Waals surface area contributed by atoms with Gasteiger partial charge in [-0.25, -0.2) is 0 Å². The normalized spacial score (nSPS) is 29.4. The Hall–Kier alpha value is -1.06. The minimum absolute atomic E-state index is 0.424. The fraction of sp³-hybridized carbons (Fsp3) is 0.667. The largest absolute Gasteiger partial charge is 0.492 e. The van der Waals surface area contributed by atoms with Gasteiger partial charge in [-0.2, -0.15) is 0 Å². The molecule has 1 aromatic carbocycles. The molecule has 0 aromatic heterocycles. The highest BCUT2D eigenvalue weighted by Crippen LogP contribution is 2.35. The third kappa shape index (κ3) is 3.24. The molecule has 2 fully saturated rings. The Morgan fingerprint density at radius 3 is 2.67 bits per heavy atom. The smallest absolute Gasteiger partial charge is 0.125 e. The summed E-state index contributed by atoms with van der Waals surface area (Å²) >= 11 is 0. The molecule has 3 heteroatoms. The number of rotatable bonds is 4. The van der Waals surface area contributed by atoms with Crippen molar-refractivity contribution in [2.24, 2.45) is 17.6 Å². The van der Waals surface area contributed by atoms with Gasteiger partial charge < -0.3 is 10.5 Å². The summed E-state index contributed by atoms with van der Waals surface area (Å²) in [5, 5.41) is 0. The predicted molar refractivity (Wildman–Crippen MR) is 86.7 cm³/mol. The fourth-order valence-corrected chi connectivity index (χ4v) is 4.10. The minimum atomic E-state index is 0.424. The van der Waals surface area contributed by atoms with Crippen molar-refractivity contribution in [1.82, 2.24) is 4.90 Å². The summed E-state index contributed by atoms with van der Waals surface area (Å²) in [6, 6.07) is 6.75. The number of nitrogens with zero attached hydrogens (tertiary/aromatic N) is 1. The second-order valence-corrected chi connectivity index (χ2v) is 6.85. The molecular formula is C18H28N2O. The average Bonchev–Trinajstić information content (AvgIpc) is 2.86. The minimum Gasteiger partial charge on any atom is -0.492 e. The van der Waals surface area contributed by atoms with Crippen LogP contribution in [0.15, 0.2) is 18.2 Å². The summed E-state index contributed by atoms with van der Waals surface area (Å²) < 4.78 is 6.04. The van der Waals surface area contributed by atoms with Crippen LogP contribution in [0.4, 0.5) is 0 Å². The van der Waals surface area contributed by atoms with Crippen LogP contribution in [-0.2, 0) is 0 Å². The van der Waals surface area contributed by atoms with Gasteiger partial charge in [0.2, 0.25) is 0 Å². The zero-order valence-corrected chi connectivity index (χ0v) is 13.3. The molecule has 1 aliphatic heterocycles. The Bertz CT molecular complexity index is 468. The highest BCUT2D eigenvalue weighted by molar-refractivity contribution is 5.39. The maximum atomic E-state index is 6.28. The number of para-hydroxylation sites is 1. The number of hydrogen-bond donors (Lipinski definition) is 1. The van der Waals surface area contributed by atoms with E-state index < -0.39 is 0 Å². The predicted octanol–water partition coefficient (Wildman–Crippen LogP) is 2.74. The van der Waals surface area contributed by atoms with Crippen LogP contribution < -0.4 is 10.5 Å². The molecule has 1 aromatic rings.